The predicted octanol–water partition coefficient (Wildman–Crippen LogP) is 1.24. The lowest BCUT2D eigenvalue weighted by Gasteiger charge is -2.38. The third-order valence-electron chi connectivity index (χ3n) is 3.97. The van der Waals surface area contributed by atoms with E-state index in [4.69, 9.17) is 0 Å². The smallest absolute Gasteiger partial charge is 0.230 e. The van der Waals surface area contributed by atoms with Crippen LogP contribution in [0.3, 0.4) is 0 Å². The van der Waals surface area contributed by atoms with Gasteiger partial charge in [0.1, 0.15) is 0 Å². The van der Waals surface area contributed by atoms with Crippen LogP contribution in [-0.4, -0.2) is 47.7 Å². The maximum atomic E-state index is 12.8. The highest BCUT2D eigenvalue weighted by atomic mass is 16.3. The predicted molar refractivity (Wildman–Crippen MR) is 73.3 cm³/mol. The van der Waals surface area contributed by atoms with Gasteiger partial charge in [-0.2, -0.15) is 0 Å². The molecular weight excluding hydrogens is 228 g/mol. The first-order chi connectivity index (χ1) is 8.23. The first-order valence-corrected chi connectivity index (χ1v) is 6.95. The highest BCUT2D eigenvalue weighted by Gasteiger charge is 2.46. The Hall–Kier alpha value is -0.610. The normalized spacial score (nSPS) is 24.6. The van der Waals surface area contributed by atoms with Crippen LogP contribution in [0, 0.1) is 11.3 Å². The van der Waals surface area contributed by atoms with Gasteiger partial charge in [-0.15, -0.1) is 0 Å². The summed E-state index contributed by atoms with van der Waals surface area (Å²) in [6.07, 6.45) is 0.895. The highest BCUT2D eigenvalue weighted by Crippen LogP contribution is 2.36. The molecule has 1 saturated heterocycles. The van der Waals surface area contributed by atoms with Crippen molar-refractivity contribution < 1.29 is 9.90 Å². The van der Waals surface area contributed by atoms with Crippen molar-refractivity contribution >= 4 is 5.91 Å². The second kappa shape index (κ2) is 5.57. The standard InChI is InChI=1S/C14H28N2O2/c1-6-16(10-13(4,5)18)12(17)14(11(2)3)7-8-15-9-14/h11,15,18H,6-10H2,1-5H3. The zero-order valence-electron chi connectivity index (χ0n) is 12.4. The molecule has 1 fully saturated rings. The van der Waals surface area contributed by atoms with Crippen LogP contribution in [-0.2, 0) is 4.79 Å². The minimum absolute atomic E-state index is 0.187. The summed E-state index contributed by atoms with van der Waals surface area (Å²) in [5, 5.41) is 13.2. The number of amides is 1. The zero-order chi connectivity index (χ0) is 14.0. The van der Waals surface area contributed by atoms with Crippen LogP contribution in [0.15, 0.2) is 0 Å². The molecule has 0 aliphatic carbocycles. The molecule has 0 bridgehead atoms. The molecule has 1 heterocycles. The molecule has 4 heteroatoms. The van der Waals surface area contributed by atoms with Gasteiger partial charge in [0.15, 0.2) is 0 Å². The van der Waals surface area contributed by atoms with Gasteiger partial charge >= 0.3 is 0 Å². The third kappa shape index (κ3) is 3.23. The van der Waals surface area contributed by atoms with Crippen molar-refractivity contribution in [3.63, 3.8) is 0 Å². The summed E-state index contributed by atoms with van der Waals surface area (Å²) in [6.45, 7) is 12.4. The molecule has 0 aromatic heterocycles. The Morgan fingerprint density at radius 1 is 1.50 bits per heavy atom. The van der Waals surface area contributed by atoms with Crippen LogP contribution in [0.25, 0.3) is 0 Å². The van der Waals surface area contributed by atoms with Crippen molar-refractivity contribution in [1.82, 2.24) is 10.2 Å². The van der Waals surface area contributed by atoms with Gasteiger partial charge in [0, 0.05) is 19.6 Å². The Morgan fingerprint density at radius 3 is 2.44 bits per heavy atom. The van der Waals surface area contributed by atoms with E-state index in [1.54, 1.807) is 18.7 Å². The maximum absolute atomic E-state index is 12.8. The minimum atomic E-state index is -0.837. The Labute approximate surface area is 111 Å². The summed E-state index contributed by atoms with van der Waals surface area (Å²) in [5.41, 5.74) is -1.13. The molecule has 1 rings (SSSR count). The summed E-state index contributed by atoms with van der Waals surface area (Å²) in [6, 6.07) is 0. The lowest BCUT2D eigenvalue weighted by atomic mass is 9.75. The topological polar surface area (TPSA) is 52.6 Å². The van der Waals surface area contributed by atoms with E-state index in [0.717, 1.165) is 19.5 Å². The van der Waals surface area contributed by atoms with Crippen LogP contribution < -0.4 is 5.32 Å². The van der Waals surface area contributed by atoms with Gasteiger partial charge < -0.3 is 15.3 Å². The molecular formula is C14H28N2O2. The number of rotatable bonds is 5. The molecule has 4 nitrogen and oxygen atoms in total. The molecule has 0 spiro atoms. The van der Waals surface area contributed by atoms with E-state index in [1.807, 2.05) is 6.92 Å². The molecule has 2 N–H and O–H groups in total. The Morgan fingerprint density at radius 2 is 2.11 bits per heavy atom. The molecule has 106 valence electrons. The Bertz CT molecular complexity index is 289. The number of nitrogens with one attached hydrogen (secondary N) is 1. The van der Waals surface area contributed by atoms with E-state index in [-0.39, 0.29) is 11.3 Å². The summed E-state index contributed by atoms with van der Waals surface area (Å²) in [5.74, 6) is 0.503. The van der Waals surface area contributed by atoms with E-state index >= 15 is 0 Å². The number of nitrogens with zero attached hydrogens (tertiary/aromatic N) is 1. The third-order valence-corrected chi connectivity index (χ3v) is 3.97. The molecule has 0 aromatic rings. The summed E-state index contributed by atoms with van der Waals surface area (Å²) >= 11 is 0. The van der Waals surface area contributed by atoms with Gasteiger partial charge in [0.2, 0.25) is 5.91 Å². The summed E-state index contributed by atoms with van der Waals surface area (Å²) < 4.78 is 0. The van der Waals surface area contributed by atoms with Crippen LogP contribution in [0.4, 0.5) is 0 Å². The van der Waals surface area contributed by atoms with Gasteiger partial charge in [-0.25, -0.2) is 0 Å². The van der Waals surface area contributed by atoms with Crippen molar-refractivity contribution in [3.05, 3.63) is 0 Å². The van der Waals surface area contributed by atoms with Crippen molar-refractivity contribution in [1.29, 1.82) is 0 Å². The minimum Gasteiger partial charge on any atom is -0.389 e. The largest absolute Gasteiger partial charge is 0.389 e. The van der Waals surface area contributed by atoms with Crippen molar-refractivity contribution in [2.45, 2.75) is 46.6 Å². The average molecular weight is 256 g/mol. The second-order valence-electron chi connectivity index (χ2n) is 6.37. The van der Waals surface area contributed by atoms with E-state index in [9.17, 15) is 9.90 Å². The van der Waals surface area contributed by atoms with E-state index in [1.165, 1.54) is 0 Å². The number of hydrogen-bond acceptors (Lipinski definition) is 3. The average Bonchev–Trinajstić information content (AvgIpc) is 2.73. The molecule has 0 saturated carbocycles. The van der Waals surface area contributed by atoms with Crippen LogP contribution in [0.2, 0.25) is 0 Å². The van der Waals surface area contributed by atoms with Crippen molar-refractivity contribution in [2.75, 3.05) is 26.2 Å². The number of carbonyl (C=O) groups is 1. The van der Waals surface area contributed by atoms with Crippen LogP contribution >= 0.6 is 0 Å². The molecule has 0 aromatic carbocycles. The number of carbonyl (C=O) groups excluding carboxylic acids is 1. The van der Waals surface area contributed by atoms with E-state index in [0.29, 0.717) is 19.0 Å². The van der Waals surface area contributed by atoms with E-state index in [2.05, 4.69) is 19.2 Å². The fraction of sp³-hybridized carbons (Fsp3) is 0.929. The monoisotopic (exact) mass is 256 g/mol. The van der Waals surface area contributed by atoms with E-state index < -0.39 is 5.60 Å². The van der Waals surface area contributed by atoms with Crippen LogP contribution in [0.5, 0.6) is 0 Å². The molecule has 1 amide bonds. The molecule has 0 radical (unpaired) electrons. The quantitative estimate of drug-likeness (QED) is 0.778. The lowest BCUT2D eigenvalue weighted by molar-refractivity contribution is -0.146. The lowest BCUT2D eigenvalue weighted by Crippen LogP contribution is -2.51. The summed E-state index contributed by atoms with van der Waals surface area (Å²) in [4.78, 5) is 14.6. The van der Waals surface area contributed by atoms with Gasteiger partial charge in [0.25, 0.3) is 0 Å². The molecule has 1 atom stereocenters. The van der Waals surface area contributed by atoms with Gasteiger partial charge in [-0.3, -0.25) is 4.79 Å². The molecule has 18 heavy (non-hydrogen) atoms. The number of likely N-dealkylation sites (N-methyl/N-ethyl adjacent to an activating group) is 1. The van der Waals surface area contributed by atoms with Crippen molar-refractivity contribution in [2.24, 2.45) is 11.3 Å². The SMILES string of the molecule is CCN(CC(C)(C)O)C(=O)C1(C(C)C)CCNC1. The zero-order valence-corrected chi connectivity index (χ0v) is 12.4. The fourth-order valence-corrected chi connectivity index (χ4v) is 2.74. The van der Waals surface area contributed by atoms with Gasteiger partial charge in [0.05, 0.1) is 11.0 Å². The number of hydrogen-bond donors (Lipinski definition) is 2. The Balaban J connectivity index is 2.88. The highest BCUT2D eigenvalue weighted by molar-refractivity contribution is 5.83. The maximum Gasteiger partial charge on any atom is 0.230 e. The number of aliphatic hydroxyl groups is 1. The van der Waals surface area contributed by atoms with Gasteiger partial charge in [-0.1, -0.05) is 13.8 Å². The Kier molecular flexibility index (Phi) is 4.78. The van der Waals surface area contributed by atoms with Crippen LogP contribution in [0.1, 0.15) is 41.0 Å². The molecule has 1 aliphatic rings. The van der Waals surface area contributed by atoms with Crippen molar-refractivity contribution in [3.8, 4) is 0 Å². The second-order valence-corrected chi connectivity index (χ2v) is 6.37. The first kappa shape index (κ1) is 15.4. The first-order valence-electron chi connectivity index (χ1n) is 6.95. The summed E-state index contributed by atoms with van der Waals surface area (Å²) in [7, 11) is 0. The van der Waals surface area contributed by atoms with Gasteiger partial charge in [-0.05, 0) is 39.7 Å². The molecule has 1 unspecified atom stereocenters. The molecule has 1 aliphatic heterocycles. The fourth-order valence-electron chi connectivity index (χ4n) is 2.74.